The lowest BCUT2D eigenvalue weighted by atomic mass is 10.3. The maximum atomic E-state index is 4.49. The van der Waals surface area contributed by atoms with Crippen LogP contribution in [0.4, 0.5) is 0 Å². The van der Waals surface area contributed by atoms with E-state index in [0.29, 0.717) is 0 Å². The number of hydrogen-bond donors (Lipinski definition) is 0. The first-order chi connectivity index (χ1) is 10.9. The molecule has 22 heavy (non-hydrogen) atoms. The number of aromatic nitrogens is 4. The molecule has 4 nitrogen and oxygen atoms in total. The molecule has 4 rings (SSSR count). The Morgan fingerprint density at radius 1 is 0.636 bits per heavy atom. The molecule has 0 atom stereocenters. The van der Waals surface area contributed by atoms with Gasteiger partial charge in [-0.3, -0.25) is 9.97 Å². The summed E-state index contributed by atoms with van der Waals surface area (Å²) in [5.41, 5.74) is 2.08. The van der Waals surface area contributed by atoms with Crippen LogP contribution in [0, 0.1) is 0 Å². The summed E-state index contributed by atoms with van der Waals surface area (Å²) in [5.74, 6) is 0. The zero-order valence-corrected chi connectivity index (χ0v) is 13.0. The summed E-state index contributed by atoms with van der Waals surface area (Å²) in [6, 6.07) is 7.87. The van der Waals surface area contributed by atoms with Crippen molar-refractivity contribution in [2.24, 2.45) is 0 Å². The molecule has 0 aliphatic carbocycles. The quantitative estimate of drug-likeness (QED) is 0.561. The van der Waals surface area contributed by atoms with E-state index in [-0.39, 0.29) is 0 Å². The highest BCUT2D eigenvalue weighted by atomic mass is 32.1. The zero-order chi connectivity index (χ0) is 14.8. The van der Waals surface area contributed by atoms with Crippen LogP contribution in [0.1, 0.15) is 0 Å². The number of hydrogen-bond acceptors (Lipinski definition) is 6. The molecule has 0 bridgehead atoms. The van der Waals surface area contributed by atoms with Crippen LogP contribution in [0.15, 0.2) is 61.4 Å². The second kappa shape index (κ2) is 5.75. The van der Waals surface area contributed by atoms with Gasteiger partial charge in [-0.1, -0.05) is 0 Å². The Hall–Kier alpha value is -2.44. The van der Waals surface area contributed by atoms with Crippen LogP contribution in [0.25, 0.3) is 30.9 Å². The normalized spacial score (nSPS) is 10.7. The van der Waals surface area contributed by atoms with E-state index in [9.17, 15) is 0 Å². The first-order valence-electron chi connectivity index (χ1n) is 6.63. The predicted molar refractivity (Wildman–Crippen MR) is 89.7 cm³/mol. The molecule has 0 unspecified atom stereocenters. The Bertz CT molecular complexity index is 809. The molecule has 4 heterocycles. The lowest BCUT2D eigenvalue weighted by Gasteiger charge is -1.93. The largest absolute Gasteiger partial charge is 0.264 e. The van der Waals surface area contributed by atoms with E-state index in [0.717, 1.165) is 30.9 Å². The highest BCUT2D eigenvalue weighted by Crippen LogP contribution is 2.37. The van der Waals surface area contributed by atoms with Crippen molar-refractivity contribution >= 4 is 22.7 Å². The molecule has 6 heteroatoms. The third-order valence-corrected chi connectivity index (χ3v) is 5.36. The van der Waals surface area contributed by atoms with E-state index in [1.165, 1.54) is 0 Å². The molecule has 0 aromatic carbocycles. The van der Waals surface area contributed by atoms with Crippen molar-refractivity contribution in [3.05, 3.63) is 61.4 Å². The first-order valence-corrected chi connectivity index (χ1v) is 8.26. The van der Waals surface area contributed by atoms with Gasteiger partial charge in [0.1, 0.15) is 10.0 Å². The van der Waals surface area contributed by atoms with Gasteiger partial charge in [-0.15, -0.1) is 22.7 Å². The fraction of sp³-hybridized carbons (Fsp3) is 0. The second-order valence-electron chi connectivity index (χ2n) is 4.54. The fourth-order valence-electron chi connectivity index (χ4n) is 2.02. The Morgan fingerprint density at radius 3 is 1.55 bits per heavy atom. The molecule has 4 aromatic heterocycles. The van der Waals surface area contributed by atoms with Crippen LogP contribution >= 0.6 is 22.7 Å². The van der Waals surface area contributed by atoms with Gasteiger partial charge < -0.3 is 0 Å². The molecule has 0 aliphatic heterocycles. The van der Waals surface area contributed by atoms with Crippen molar-refractivity contribution in [3.63, 3.8) is 0 Å². The predicted octanol–water partition coefficient (Wildman–Crippen LogP) is 4.39. The van der Waals surface area contributed by atoms with Gasteiger partial charge in [-0.2, -0.15) is 0 Å². The lowest BCUT2D eigenvalue weighted by Crippen LogP contribution is -1.75. The molecular formula is C16H10N4S2. The molecule has 0 radical (unpaired) electrons. The van der Waals surface area contributed by atoms with Gasteiger partial charge in [0.25, 0.3) is 0 Å². The summed E-state index contributed by atoms with van der Waals surface area (Å²) in [4.78, 5) is 19.5. The first kappa shape index (κ1) is 13.2. The van der Waals surface area contributed by atoms with E-state index in [1.807, 2.05) is 49.1 Å². The smallest absolute Gasteiger partial charge is 0.125 e. The van der Waals surface area contributed by atoms with Crippen LogP contribution in [-0.4, -0.2) is 19.9 Å². The van der Waals surface area contributed by atoms with E-state index < -0.39 is 0 Å². The molecule has 4 aromatic rings. The summed E-state index contributed by atoms with van der Waals surface area (Å²) in [6.07, 6.45) is 11.0. The Balaban J connectivity index is 1.66. The van der Waals surface area contributed by atoms with Gasteiger partial charge >= 0.3 is 0 Å². The van der Waals surface area contributed by atoms with Crippen molar-refractivity contribution in [2.45, 2.75) is 0 Å². The number of pyridine rings is 2. The maximum Gasteiger partial charge on any atom is 0.125 e. The Morgan fingerprint density at radius 2 is 1.14 bits per heavy atom. The monoisotopic (exact) mass is 322 g/mol. The summed E-state index contributed by atoms with van der Waals surface area (Å²) in [6.45, 7) is 0. The van der Waals surface area contributed by atoms with Gasteiger partial charge in [0, 0.05) is 48.3 Å². The molecule has 0 spiro atoms. The summed E-state index contributed by atoms with van der Waals surface area (Å²) in [7, 11) is 0. The standard InChI is InChI=1S/C16H10N4S2/c1-3-11(7-17-5-1)15-19-9-13(21-15)14-10-20-16(22-14)12-4-2-6-18-8-12/h1-10H. The van der Waals surface area contributed by atoms with Crippen LogP contribution in [0.5, 0.6) is 0 Å². The third-order valence-electron chi connectivity index (χ3n) is 3.07. The fourth-order valence-corrected chi connectivity index (χ4v) is 3.89. The van der Waals surface area contributed by atoms with E-state index in [1.54, 1.807) is 35.1 Å². The molecule has 106 valence electrons. The van der Waals surface area contributed by atoms with Gasteiger partial charge in [0.15, 0.2) is 0 Å². The molecule has 0 fully saturated rings. The summed E-state index contributed by atoms with van der Waals surface area (Å²) >= 11 is 3.30. The number of nitrogens with zero attached hydrogens (tertiary/aromatic N) is 4. The molecule has 0 saturated carbocycles. The topological polar surface area (TPSA) is 51.6 Å². The molecule has 0 saturated heterocycles. The Labute approximate surface area is 135 Å². The van der Waals surface area contributed by atoms with E-state index in [2.05, 4.69) is 19.9 Å². The van der Waals surface area contributed by atoms with Crippen LogP contribution < -0.4 is 0 Å². The zero-order valence-electron chi connectivity index (χ0n) is 11.4. The minimum absolute atomic E-state index is 0.972. The minimum Gasteiger partial charge on any atom is -0.264 e. The van der Waals surface area contributed by atoms with E-state index >= 15 is 0 Å². The van der Waals surface area contributed by atoms with Crippen molar-refractivity contribution in [3.8, 4) is 30.9 Å². The van der Waals surface area contributed by atoms with Crippen LogP contribution in [-0.2, 0) is 0 Å². The second-order valence-corrected chi connectivity index (χ2v) is 6.60. The molecule has 0 N–H and O–H groups in total. The number of thiazole rings is 2. The Kier molecular flexibility index (Phi) is 3.46. The van der Waals surface area contributed by atoms with Gasteiger partial charge in [-0.05, 0) is 24.3 Å². The van der Waals surface area contributed by atoms with Crippen molar-refractivity contribution in [1.82, 2.24) is 19.9 Å². The average molecular weight is 322 g/mol. The molecular weight excluding hydrogens is 312 g/mol. The SMILES string of the molecule is c1cncc(-c2ncc(-c3cnc(-c4cccnc4)s3)s2)c1. The maximum absolute atomic E-state index is 4.49. The van der Waals surface area contributed by atoms with Crippen molar-refractivity contribution < 1.29 is 0 Å². The molecule has 0 amide bonds. The van der Waals surface area contributed by atoms with Crippen molar-refractivity contribution in [2.75, 3.05) is 0 Å². The number of rotatable bonds is 3. The highest BCUT2D eigenvalue weighted by molar-refractivity contribution is 7.24. The van der Waals surface area contributed by atoms with Gasteiger partial charge in [0.05, 0.1) is 9.75 Å². The van der Waals surface area contributed by atoms with E-state index in [4.69, 9.17) is 0 Å². The lowest BCUT2D eigenvalue weighted by molar-refractivity contribution is 1.31. The van der Waals surface area contributed by atoms with Crippen molar-refractivity contribution in [1.29, 1.82) is 0 Å². The van der Waals surface area contributed by atoms with Gasteiger partial charge in [-0.25, -0.2) is 9.97 Å². The van der Waals surface area contributed by atoms with Crippen LogP contribution in [0.2, 0.25) is 0 Å². The summed E-state index contributed by atoms with van der Waals surface area (Å²) in [5, 5.41) is 1.94. The highest BCUT2D eigenvalue weighted by Gasteiger charge is 2.11. The average Bonchev–Trinajstić information content (AvgIpc) is 3.26. The minimum atomic E-state index is 0.972. The third kappa shape index (κ3) is 2.54. The summed E-state index contributed by atoms with van der Waals surface area (Å²) < 4.78 is 0. The van der Waals surface area contributed by atoms with Gasteiger partial charge in [0.2, 0.25) is 0 Å². The van der Waals surface area contributed by atoms with Crippen LogP contribution in [0.3, 0.4) is 0 Å². The molecule has 0 aliphatic rings.